The van der Waals surface area contributed by atoms with Crippen LogP contribution in [-0.4, -0.2) is 13.2 Å². The van der Waals surface area contributed by atoms with Crippen LogP contribution in [0.5, 0.6) is 11.5 Å². The second kappa shape index (κ2) is 5.93. The van der Waals surface area contributed by atoms with Crippen molar-refractivity contribution in [3.8, 4) is 11.5 Å². The van der Waals surface area contributed by atoms with E-state index in [0.717, 1.165) is 34.4 Å². The minimum atomic E-state index is 0.0325. The molecule has 0 aromatic heterocycles. The van der Waals surface area contributed by atoms with Gasteiger partial charge in [0, 0.05) is 10.5 Å². The summed E-state index contributed by atoms with van der Waals surface area (Å²) >= 11 is 3.57. The third kappa shape index (κ3) is 2.98. The van der Waals surface area contributed by atoms with Gasteiger partial charge in [0.05, 0.1) is 0 Å². The molecule has 0 radical (unpaired) electrons. The summed E-state index contributed by atoms with van der Waals surface area (Å²) in [5, 5.41) is 0. The number of nitrogens with two attached hydrogens (primary N) is 1. The van der Waals surface area contributed by atoms with Crippen LogP contribution in [-0.2, 0) is 0 Å². The van der Waals surface area contributed by atoms with Crippen LogP contribution in [0.25, 0.3) is 0 Å². The van der Waals surface area contributed by atoms with Crippen molar-refractivity contribution in [3.05, 3.63) is 22.2 Å². The van der Waals surface area contributed by atoms with E-state index in [1.807, 2.05) is 12.1 Å². The maximum atomic E-state index is 6.28. The van der Waals surface area contributed by atoms with E-state index in [0.29, 0.717) is 19.1 Å². The number of rotatable bonds is 4. The summed E-state index contributed by atoms with van der Waals surface area (Å²) in [5.74, 6) is 2.23. The molecule has 1 heterocycles. The van der Waals surface area contributed by atoms with E-state index in [4.69, 9.17) is 15.2 Å². The van der Waals surface area contributed by atoms with Crippen LogP contribution in [0.2, 0.25) is 0 Å². The smallest absolute Gasteiger partial charge is 0.162 e. The molecule has 0 spiro atoms. The van der Waals surface area contributed by atoms with Crippen molar-refractivity contribution in [1.82, 2.24) is 0 Å². The maximum absolute atomic E-state index is 6.28. The Hall–Kier alpha value is -0.740. The minimum absolute atomic E-state index is 0.0325. The lowest BCUT2D eigenvalue weighted by atomic mass is 9.95. The Morgan fingerprint density at radius 1 is 1.28 bits per heavy atom. The topological polar surface area (TPSA) is 44.5 Å². The molecule has 0 aliphatic carbocycles. The molecule has 0 fully saturated rings. The number of benzene rings is 1. The fourth-order valence-corrected chi connectivity index (χ4v) is 2.71. The molecule has 100 valence electrons. The summed E-state index contributed by atoms with van der Waals surface area (Å²) in [5.41, 5.74) is 7.38. The van der Waals surface area contributed by atoms with E-state index in [9.17, 15) is 0 Å². The van der Waals surface area contributed by atoms with Crippen molar-refractivity contribution in [2.45, 2.75) is 32.7 Å². The molecule has 1 aliphatic rings. The average Bonchev–Trinajstić information content (AvgIpc) is 2.37. The molecule has 2 atom stereocenters. The van der Waals surface area contributed by atoms with Gasteiger partial charge in [0.25, 0.3) is 0 Å². The lowest BCUT2D eigenvalue weighted by Crippen LogP contribution is -2.18. The van der Waals surface area contributed by atoms with E-state index in [1.165, 1.54) is 0 Å². The normalized spacial score (nSPS) is 17.3. The third-order valence-electron chi connectivity index (χ3n) is 3.41. The van der Waals surface area contributed by atoms with Crippen LogP contribution >= 0.6 is 15.9 Å². The summed E-state index contributed by atoms with van der Waals surface area (Å²) in [6.45, 7) is 5.63. The van der Waals surface area contributed by atoms with Crippen LogP contribution in [0.4, 0.5) is 0 Å². The van der Waals surface area contributed by atoms with E-state index < -0.39 is 0 Å². The molecule has 2 N–H and O–H groups in total. The summed E-state index contributed by atoms with van der Waals surface area (Å²) in [6.07, 6.45) is 2.13. The van der Waals surface area contributed by atoms with Gasteiger partial charge in [-0.25, -0.2) is 0 Å². The summed E-state index contributed by atoms with van der Waals surface area (Å²) in [6, 6.07) is 4.00. The van der Waals surface area contributed by atoms with Crippen LogP contribution in [0, 0.1) is 5.92 Å². The Morgan fingerprint density at radius 3 is 2.50 bits per heavy atom. The quantitative estimate of drug-likeness (QED) is 0.922. The van der Waals surface area contributed by atoms with Gasteiger partial charge >= 0.3 is 0 Å². The van der Waals surface area contributed by atoms with Crippen LogP contribution in [0.15, 0.2) is 16.6 Å². The van der Waals surface area contributed by atoms with Crippen molar-refractivity contribution >= 4 is 15.9 Å². The lowest BCUT2D eigenvalue weighted by molar-refractivity contribution is 0.171. The Balaban J connectivity index is 2.22. The molecule has 3 nitrogen and oxygen atoms in total. The highest BCUT2D eigenvalue weighted by Gasteiger charge is 2.19. The number of fused-ring (bicyclic) bond motifs is 1. The van der Waals surface area contributed by atoms with Crippen LogP contribution in [0.1, 0.15) is 38.3 Å². The van der Waals surface area contributed by atoms with Gasteiger partial charge in [0.15, 0.2) is 11.5 Å². The first-order valence-corrected chi connectivity index (χ1v) is 7.25. The molecule has 2 rings (SSSR count). The highest BCUT2D eigenvalue weighted by molar-refractivity contribution is 9.10. The van der Waals surface area contributed by atoms with Crippen LogP contribution in [0.3, 0.4) is 0 Å². The van der Waals surface area contributed by atoms with Crippen molar-refractivity contribution in [2.24, 2.45) is 11.7 Å². The zero-order chi connectivity index (χ0) is 13.1. The molecular formula is C14H20BrNO2. The molecule has 2 unspecified atom stereocenters. The van der Waals surface area contributed by atoms with Crippen molar-refractivity contribution in [1.29, 1.82) is 0 Å². The van der Waals surface area contributed by atoms with Crippen molar-refractivity contribution in [3.63, 3.8) is 0 Å². The predicted octanol–water partition coefficient (Wildman–Crippen LogP) is 3.66. The van der Waals surface area contributed by atoms with Gasteiger partial charge in [0.2, 0.25) is 0 Å². The van der Waals surface area contributed by atoms with Crippen LogP contribution < -0.4 is 15.2 Å². The van der Waals surface area contributed by atoms with Gasteiger partial charge in [0.1, 0.15) is 13.2 Å². The Bertz CT molecular complexity index is 423. The first-order chi connectivity index (χ1) is 8.61. The lowest BCUT2D eigenvalue weighted by Gasteiger charge is -2.23. The van der Waals surface area contributed by atoms with Gasteiger partial charge in [-0.05, 0) is 30.0 Å². The summed E-state index contributed by atoms with van der Waals surface area (Å²) in [4.78, 5) is 0. The number of halogens is 1. The zero-order valence-corrected chi connectivity index (χ0v) is 12.5. The largest absolute Gasteiger partial charge is 0.486 e. The molecule has 4 heteroatoms. The highest BCUT2D eigenvalue weighted by atomic mass is 79.9. The zero-order valence-electron chi connectivity index (χ0n) is 10.9. The first-order valence-electron chi connectivity index (χ1n) is 6.46. The van der Waals surface area contributed by atoms with Crippen molar-refractivity contribution < 1.29 is 9.47 Å². The van der Waals surface area contributed by atoms with Gasteiger partial charge in [-0.1, -0.05) is 36.2 Å². The molecule has 0 bridgehead atoms. The Morgan fingerprint density at radius 2 is 1.89 bits per heavy atom. The standard InChI is InChI=1S/C14H20BrNO2/c1-3-9(2)6-12(16)10-7-13-14(8-11(10)15)18-5-4-17-13/h7-9,12H,3-6,16H2,1-2H3. The third-order valence-corrected chi connectivity index (χ3v) is 4.10. The van der Waals surface area contributed by atoms with Gasteiger partial charge in [-0.15, -0.1) is 0 Å². The van der Waals surface area contributed by atoms with Gasteiger partial charge < -0.3 is 15.2 Å². The number of hydrogen-bond acceptors (Lipinski definition) is 3. The SMILES string of the molecule is CCC(C)CC(N)c1cc2c(cc1Br)OCCO2. The van der Waals surface area contributed by atoms with E-state index >= 15 is 0 Å². The molecule has 1 aromatic rings. The molecule has 1 aromatic carbocycles. The minimum Gasteiger partial charge on any atom is -0.486 e. The van der Waals surface area contributed by atoms with Gasteiger partial charge in [-0.2, -0.15) is 0 Å². The maximum Gasteiger partial charge on any atom is 0.162 e. The number of ether oxygens (including phenoxy) is 2. The molecule has 0 amide bonds. The number of hydrogen-bond donors (Lipinski definition) is 1. The first kappa shape index (κ1) is 13.7. The molecule has 1 aliphatic heterocycles. The van der Waals surface area contributed by atoms with E-state index in [2.05, 4.69) is 29.8 Å². The fraction of sp³-hybridized carbons (Fsp3) is 0.571. The van der Waals surface area contributed by atoms with Crippen molar-refractivity contribution in [2.75, 3.05) is 13.2 Å². The summed E-state index contributed by atoms with van der Waals surface area (Å²) in [7, 11) is 0. The van der Waals surface area contributed by atoms with E-state index in [-0.39, 0.29) is 6.04 Å². The molecule has 18 heavy (non-hydrogen) atoms. The Kier molecular flexibility index (Phi) is 4.51. The molecule has 0 saturated carbocycles. The molecular weight excluding hydrogens is 294 g/mol. The highest BCUT2D eigenvalue weighted by Crippen LogP contribution is 2.38. The summed E-state index contributed by atoms with van der Waals surface area (Å²) < 4.78 is 12.1. The Labute approximate surface area is 117 Å². The monoisotopic (exact) mass is 313 g/mol. The van der Waals surface area contributed by atoms with Gasteiger partial charge in [-0.3, -0.25) is 0 Å². The predicted molar refractivity (Wildman–Crippen MR) is 76.1 cm³/mol. The second-order valence-electron chi connectivity index (χ2n) is 4.87. The average molecular weight is 314 g/mol. The molecule has 0 saturated heterocycles. The van der Waals surface area contributed by atoms with E-state index in [1.54, 1.807) is 0 Å². The fourth-order valence-electron chi connectivity index (χ4n) is 2.09. The second-order valence-corrected chi connectivity index (χ2v) is 5.73.